The number of rotatable bonds is 3. The molecular weight excluding hydrogens is 236 g/mol. The summed E-state index contributed by atoms with van der Waals surface area (Å²) in [5.74, 6) is 0. The molecule has 1 fully saturated rings. The summed E-state index contributed by atoms with van der Waals surface area (Å²) in [6.07, 6.45) is 4.97. The molecule has 3 N–H and O–H groups in total. The van der Waals surface area contributed by atoms with E-state index in [1.54, 1.807) is 0 Å². The molecule has 0 unspecified atom stereocenters. The fourth-order valence-corrected chi connectivity index (χ4v) is 2.65. The van der Waals surface area contributed by atoms with E-state index in [9.17, 15) is 0 Å². The predicted molar refractivity (Wildman–Crippen MR) is 77.3 cm³/mol. The third-order valence-electron chi connectivity index (χ3n) is 3.80. The molecule has 1 aliphatic rings. The first-order valence-corrected chi connectivity index (χ1v) is 6.89. The first-order chi connectivity index (χ1) is 9.33. The number of hydrogen-bond donors (Lipinski definition) is 2. The van der Waals surface area contributed by atoms with Gasteiger partial charge in [0.05, 0.1) is 17.6 Å². The predicted octanol–water partition coefficient (Wildman–Crippen LogP) is 1.93. The van der Waals surface area contributed by atoms with E-state index in [0.717, 1.165) is 32.4 Å². The van der Waals surface area contributed by atoms with Gasteiger partial charge in [-0.1, -0.05) is 30.3 Å². The fraction of sp³-hybridized carbons (Fsp3) is 0.400. The van der Waals surface area contributed by atoms with Gasteiger partial charge in [-0.2, -0.15) is 5.10 Å². The van der Waals surface area contributed by atoms with Crippen LogP contribution in [0.3, 0.4) is 0 Å². The van der Waals surface area contributed by atoms with Crippen LogP contribution in [0.4, 0.5) is 5.69 Å². The molecule has 2 heterocycles. The van der Waals surface area contributed by atoms with Gasteiger partial charge in [-0.05, 0) is 18.4 Å². The Balaban J connectivity index is 1.75. The van der Waals surface area contributed by atoms with Crippen molar-refractivity contribution in [1.82, 2.24) is 10.2 Å². The van der Waals surface area contributed by atoms with Crippen LogP contribution in [-0.2, 0) is 6.42 Å². The summed E-state index contributed by atoms with van der Waals surface area (Å²) in [6, 6.07) is 10.9. The van der Waals surface area contributed by atoms with Gasteiger partial charge in [0.1, 0.15) is 0 Å². The van der Waals surface area contributed by atoms with Gasteiger partial charge in [0.25, 0.3) is 0 Å². The molecule has 0 aliphatic carbocycles. The molecule has 0 amide bonds. The number of nitrogens with one attached hydrogen (secondary N) is 1. The van der Waals surface area contributed by atoms with Crippen LogP contribution < -0.4 is 10.6 Å². The molecule has 0 spiro atoms. The van der Waals surface area contributed by atoms with E-state index in [1.807, 2.05) is 12.3 Å². The first-order valence-electron chi connectivity index (χ1n) is 6.89. The van der Waals surface area contributed by atoms with Gasteiger partial charge in [0, 0.05) is 25.6 Å². The Labute approximate surface area is 113 Å². The molecule has 0 radical (unpaired) electrons. The fourth-order valence-electron chi connectivity index (χ4n) is 2.65. The average molecular weight is 256 g/mol. The Morgan fingerprint density at radius 3 is 2.68 bits per heavy atom. The monoisotopic (exact) mass is 256 g/mol. The summed E-state index contributed by atoms with van der Waals surface area (Å²) in [4.78, 5) is 2.39. The molecule has 0 saturated carbocycles. The molecule has 19 heavy (non-hydrogen) atoms. The largest absolute Gasteiger partial charge is 0.369 e. The van der Waals surface area contributed by atoms with Crippen molar-refractivity contribution < 1.29 is 0 Å². The van der Waals surface area contributed by atoms with Crippen LogP contribution in [-0.4, -0.2) is 29.3 Å². The number of aromatic nitrogens is 2. The van der Waals surface area contributed by atoms with Crippen LogP contribution in [0.25, 0.3) is 0 Å². The number of hydrogen-bond acceptors (Lipinski definition) is 3. The molecule has 2 aromatic rings. The van der Waals surface area contributed by atoms with Gasteiger partial charge < -0.3 is 10.6 Å². The summed E-state index contributed by atoms with van der Waals surface area (Å²) in [7, 11) is 0. The van der Waals surface area contributed by atoms with Gasteiger partial charge in [0.15, 0.2) is 0 Å². The Hall–Kier alpha value is -1.81. The molecule has 100 valence electrons. The number of benzene rings is 1. The molecule has 1 aromatic carbocycles. The number of H-pyrrole nitrogens is 1. The van der Waals surface area contributed by atoms with E-state index in [1.165, 1.54) is 16.9 Å². The highest BCUT2D eigenvalue weighted by atomic mass is 15.2. The number of anilines is 1. The minimum atomic E-state index is 0.362. The normalized spacial score (nSPS) is 16.8. The lowest BCUT2D eigenvalue weighted by molar-refractivity contribution is 0.500. The molecular formula is C15H20N4. The van der Waals surface area contributed by atoms with Crippen molar-refractivity contribution in [3.8, 4) is 0 Å². The van der Waals surface area contributed by atoms with Crippen LogP contribution in [0.1, 0.15) is 24.1 Å². The zero-order valence-electron chi connectivity index (χ0n) is 11.0. The van der Waals surface area contributed by atoms with Crippen molar-refractivity contribution in [1.29, 1.82) is 0 Å². The topological polar surface area (TPSA) is 57.9 Å². The Morgan fingerprint density at radius 2 is 1.95 bits per heavy atom. The zero-order chi connectivity index (χ0) is 13.1. The number of piperidine rings is 1. The second kappa shape index (κ2) is 5.45. The molecule has 1 aliphatic heterocycles. The zero-order valence-corrected chi connectivity index (χ0v) is 11.0. The highest BCUT2D eigenvalue weighted by Gasteiger charge is 2.19. The standard InChI is InChI=1S/C15H20N4/c16-13-6-8-19(9-7-13)15-11-17-18-14(15)10-12-4-2-1-3-5-12/h1-5,11,13H,6-10,16H2,(H,17,18). The van der Waals surface area contributed by atoms with Gasteiger partial charge in [-0.3, -0.25) is 5.10 Å². The average Bonchev–Trinajstić information content (AvgIpc) is 2.89. The summed E-state index contributed by atoms with van der Waals surface area (Å²) in [5.41, 5.74) is 9.70. The smallest absolute Gasteiger partial charge is 0.0785 e. The molecule has 4 heteroatoms. The van der Waals surface area contributed by atoms with Gasteiger partial charge >= 0.3 is 0 Å². The van der Waals surface area contributed by atoms with E-state index in [2.05, 4.69) is 39.4 Å². The minimum absolute atomic E-state index is 0.362. The summed E-state index contributed by atoms with van der Waals surface area (Å²) in [5, 5.41) is 7.35. The van der Waals surface area contributed by atoms with Gasteiger partial charge in [0.2, 0.25) is 0 Å². The Bertz CT molecular complexity index is 512. The highest BCUT2D eigenvalue weighted by molar-refractivity contribution is 5.51. The third-order valence-corrected chi connectivity index (χ3v) is 3.80. The minimum Gasteiger partial charge on any atom is -0.369 e. The van der Waals surface area contributed by atoms with Crippen molar-refractivity contribution in [2.24, 2.45) is 5.73 Å². The molecule has 1 aromatic heterocycles. The van der Waals surface area contributed by atoms with Crippen LogP contribution in [0.5, 0.6) is 0 Å². The molecule has 3 rings (SSSR count). The lowest BCUT2D eigenvalue weighted by atomic mass is 10.0. The lowest BCUT2D eigenvalue weighted by Crippen LogP contribution is -2.39. The second-order valence-electron chi connectivity index (χ2n) is 5.22. The third kappa shape index (κ3) is 2.79. The first kappa shape index (κ1) is 12.2. The van der Waals surface area contributed by atoms with Crippen molar-refractivity contribution >= 4 is 5.69 Å². The van der Waals surface area contributed by atoms with E-state index in [-0.39, 0.29) is 0 Å². The maximum absolute atomic E-state index is 5.96. The molecule has 1 saturated heterocycles. The number of nitrogens with two attached hydrogens (primary N) is 1. The van der Waals surface area contributed by atoms with Gasteiger partial charge in [-0.25, -0.2) is 0 Å². The van der Waals surface area contributed by atoms with Crippen LogP contribution in [0, 0.1) is 0 Å². The van der Waals surface area contributed by atoms with Gasteiger partial charge in [-0.15, -0.1) is 0 Å². The van der Waals surface area contributed by atoms with Crippen molar-refractivity contribution in [2.45, 2.75) is 25.3 Å². The van der Waals surface area contributed by atoms with Crippen molar-refractivity contribution in [3.63, 3.8) is 0 Å². The van der Waals surface area contributed by atoms with Crippen LogP contribution >= 0.6 is 0 Å². The second-order valence-corrected chi connectivity index (χ2v) is 5.22. The van der Waals surface area contributed by atoms with Crippen molar-refractivity contribution in [2.75, 3.05) is 18.0 Å². The van der Waals surface area contributed by atoms with Crippen molar-refractivity contribution in [3.05, 3.63) is 47.8 Å². The molecule has 0 bridgehead atoms. The Kier molecular flexibility index (Phi) is 3.51. The van der Waals surface area contributed by atoms with E-state index < -0.39 is 0 Å². The van der Waals surface area contributed by atoms with Crippen LogP contribution in [0.2, 0.25) is 0 Å². The highest BCUT2D eigenvalue weighted by Crippen LogP contribution is 2.24. The van der Waals surface area contributed by atoms with E-state index >= 15 is 0 Å². The molecule has 0 atom stereocenters. The van der Waals surface area contributed by atoms with Crippen LogP contribution in [0.15, 0.2) is 36.5 Å². The summed E-state index contributed by atoms with van der Waals surface area (Å²) < 4.78 is 0. The molecule has 4 nitrogen and oxygen atoms in total. The summed E-state index contributed by atoms with van der Waals surface area (Å²) in [6.45, 7) is 2.06. The lowest BCUT2D eigenvalue weighted by Gasteiger charge is -2.31. The van der Waals surface area contributed by atoms with E-state index in [0.29, 0.717) is 6.04 Å². The van der Waals surface area contributed by atoms with E-state index in [4.69, 9.17) is 5.73 Å². The quantitative estimate of drug-likeness (QED) is 0.882. The maximum atomic E-state index is 5.96. The number of nitrogens with zero attached hydrogens (tertiary/aromatic N) is 2. The number of aromatic amines is 1. The Morgan fingerprint density at radius 1 is 1.21 bits per heavy atom. The maximum Gasteiger partial charge on any atom is 0.0785 e. The summed E-state index contributed by atoms with van der Waals surface area (Å²) >= 11 is 0. The SMILES string of the molecule is NC1CCN(c2cn[nH]c2Cc2ccccc2)CC1.